The molecule has 2 nitrogen and oxygen atoms in total. The van der Waals surface area contributed by atoms with Crippen molar-refractivity contribution in [3.05, 3.63) is 0 Å². The lowest BCUT2D eigenvalue weighted by molar-refractivity contribution is -0.841. The number of rotatable bonds is 1. The monoisotopic (exact) mass is 187 g/mol. The van der Waals surface area contributed by atoms with Gasteiger partial charge >= 0.3 is 0 Å². The molecule has 1 saturated heterocycles. The maximum Gasteiger partial charge on any atom is 0.199 e. The average molecular weight is 187 g/mol. The molecule has 0 N–H and O–H groups in total. The molecule has 0 unspecified atom stereocenters. The Hall–Kier alpha value is -0.150. The summed E-state index contributed by atoms with van der Waals surface area (Å²) in [5.41, 5.74) is 0. The minimum absolute atomic E-state index is 0.0561. The minimum atomic E-state index is -0.0561. The van der Waals surface area contributed by atoms with E-state index in [1.165, 1.54) is 12.8 Å². The standard InChI is InChI=1S/C9H17NOS/c1-2-10(9(11)12)7-5-3-4-6-8-10/h2-8H2,1H3. The van der Waals surface area contributed by atoms with E-state index in [9.17, 15) is 4.79 Å². The first-order chi connectivity index (χ1) is 5.71. The van der Waals surface area contributed by atoms with Gasteiger partial charge in [-0.3, -0.25) is 9.28 Å². The van der Waals surface area contributed by atoms with E-state index in [4.69, 9.17) is 12.6 Å². The maximum atomic E-state index is 11.3. The van der Waals surface area contributed by atoms with Gasteiger partial charge in [0.2, 0.25) is 0 Å². The third-order valence-corrected chi connectivity index (χ3v) is 3.30. The summed E-state index contributed by atoms with van der Waals surface area (Å²) in [6.07, 6.45) is 4.86. The van der Waals surface area contributed by atoms with Gasteiger partial charge in [0.1, 0.15) is 0 Å². The molecule has 1 heterocycles. The smallest absolute Gasteiger partial charge is 0.199 e. The van der Waals surface area contributed by atoms with Crippen LogP contribution in [0.1, 0.15) is 32.6 Å². The minimum Gasteiger partial charge on any atom is -0.675 e. The molecular weight excluding hydrogens is 170 g/mol. The third-order valence-electron chi connectivity index (χ3n) is 2.91. The molecule has 12 heavy (non-hydrogen) atoms. The zero-order valence-electron chi connectivity index (χ0n) is 7.71. The summed E-state index contributed by atoms with van der Waals surface area (Å²) in [5, 5.41) is -0.0561. The molecule has 70 valence electrons. The van der Waals surface area contributed by atoms with Crippen LogP contribution in [0.25, 0.3) is 0 Å². The number of hydrogen-bond acceptors (Lipinski definition) is 2. The van der Waals surface area contributed by atoms with Crippen LogP contribution in [0.15, 0.2) is 0 Å². The van der Waals surface area contributed by atoms with Crippen molar-refractivity contribution in [1.29, 1.82) is 0 Å². The first kappa shape index (κ1) is 9.93. The number of amides is 1. The number of hydrogen-bond donors (Lipinski definition) is 0. The molecule has 0 aromatic heterocycles. The predicted octanol–water partition coefficient (Wildman–Crippen LogP) is 2.06. The highest BCUT2D eigenvalue weighted by molar-refractivity contribution is 7.76. The van der Waals surface area contributed by atoms with Crippen molar-refractivity contribution in [3.8, 4) is 0 Å². The molecule has 0 aromatic carbocycles. The topological polar surface area (TPSA) is 17.1 Å². The van der Waals surface area contributed by atoms with Gasteiger partial charge in [-0.1, -0.05) is 0 Å². The lowest BCUT2D eigenvalue weighted by Gasteiger charge is -2.37. The first-order valence-corrected chi connectivity index (χ1v) is 5.20. The highest BCUT2D eigenvalue weighted by Gasteiger charge is 2.27. The fourth-order valence-corrected chi connectivity index (χ4v) is 2.23. The van der Waals surface area contributed by atoms with Gasteiger partial charge in [0.05, 0.1) is 19.6 Å². The molecule has 0 aromatic rings. The fraction of sp³-hybridized carbons (Fsp3) is 0.889. The van der Waals surface area contributed by atoms with Gasteiger partial charge in [-0.25, -0.2) is 0 Å². The summed E-state index contributed by atoms with van der Waals surface area (Å²) in [4.78, 5) is 11.3. The Morgan fingerprint density at radius 3 is 2.08 bits per heavy atom. The number of carbonyl (C=O) groups is 1. The maximum absolute atomic E-state index is 11.3. The summed E-state index contributed by atoms with van der Waals surface area (Å²) in [7, 11) is 0. The van der Waals surface area contributed by atoms with E-state index in [0.29, 0.717) is 4.48 Å². The van der Waals surface area contributed by atoms with Crippen molar-refractivity contribution in [3.63, 3.8) is 0 Å². The lowest BCUT2D eigenvalue weighted by Crippen LogP contribution is -2.51. The van der Waals surface area contributed by atoms with Crippen LogP contribution in [0.2, 0.25) is 0 Å². The van der Waals surface area contributed by atoms with Gasteiger partial charge in [0.25, 0.3) is 0 Å². The second kappa shape index (κ2) is 4.19. The molecule has 1 amide bonds. The van der Waals surface area contributed by atoms with Crippen molar-refractivity contribution >= 4 is 17.9 Å². The predicted molar refractivity (Wildman–Crippen MR) is 51.8 cm³/mol. The molecule has 1 aliphatic rings. The Morgan fingerprint density at radius 2 is 1.75 bits per heavy atom. The van der Waals surface area contributed by atoms with Crippen LogP contribution in [-0.2, 0) is 12.6 Å². The van der Waals surface area contributed by atoms with Gasteiger partial charge in [-0.05, 0) is 32.6 Å². The second-order valence-electron chi connectivity index (χ2n) is 3.59. The third kappa shape index (κ3) is 1.96. The Bertz CT molecular complexity index is 162. The molecule has 0 radical (unpaired) electrons. The molecule has 0 spiro atoms. The van der Waals surface area contributed by atoms with Crippen LogP contribution in [-0.4, -0.2) is 29.4 Å². The number of likely N-dealkylation sites (tertiary alicyclic amines) is 1. The second-order valence-corrected chi connectivity index (χ2v) is 3.94. The number of nitrogens with zero attached hydrogens (tertiary/aromatic N) is 1. The van der Waals surface area contributed by atoms with E-state index < -0.39 is 0 Å². The fourth-order valence-electron chi connectivity index (χ4n) is 1.92. The van der Waals surface area contributed by atoms with Crippen molar-refractivity contribution in [1.82, 2.24) is 0 Å². The summed E-state index contributed by atoms with van der Waals surface area (Å²) >= 11 is 4.80. The highest BCUT2D eigenvalue weighted by atomic mass is 32.1. The van der Waals surface area contributed by atoms with Crippen LogP contribution in [0.4, 0.5) is 4.79 Å². The normalized spacial score (nSPS) is 23.1. The zero-order chi connectivity index (χ0) is 9.03. The number of quaternary nitrogens is 1. The molecule has 0 aliphatic carbocycles. The Morgan fingerprint density at radius 1 is 1.25 bits per heavy atom. The van der Waals surface area contributed by atoms with Gasteiger partial charge in [-0.15, -0.1) is 0 Å². The van der Waals surface area contributed by atoms with Gasteiger partial charge in [0, 0.05) is 0 Å². The van der Waals surface area contributed by atoms with E-state index in [1.807, 2.05) is 0 Å². The van der Waals surface area contributed by atoms with Crippen LogP contribution in [0.5, 0.6) is 0 Å². The molecule has 0 bridgehead atoms. The van der Waals surface area contributed by atoms with Crippen LogP contribution in [0.3, 0.4) is 0 Å². The largest absolute Gasteiger partial charge is 0.675 e. The van der Waals surface area contributed by atoms with E-state index in [0.717, 1.165) is 32.5 Å². The van der Waals surface area contributed by atoms with E-state index >= 15 is 0 Å². The summed E-state index contributed by atoms with van der Waals surface area (Å²) in [6, 6.07) is 0. The first-order valence-electron chi connectivity index (χ1n) is 4.79. The van der Waals surface area contributed by atoms with Gasteiger partial charge in [0.15, 0.2) is 5.24 Å². The number of carbonyl (C=O) groups excluding carboxylic acids is 1. The molecule has 1 fully saturated rings. The van der Waals surface area contributed by atoms with Crippen molar-refractivity contribution in [2.24, 2.45) is 0 Å². The van der Waals surface area contributed by atoms with Crippen molar-refractivity contribution in [2.75, 3.05) is 19.6 Å². The van der Waals surface area contributed by atoms with E-state index in [1.54, 1.807) is 0 Å². The van der Waals surface area contributed by atoms with E-state index in [2.05, 4.69) is 6.92 Å². The molecule has 1 aliphatic heterocycles. The Balaban J connectivity index is 2.68. The quantitative estimate of drug-likeness (QED) is 0.462. The van der Waals surface area contributed by atoms with Crippen LogP contribution < -0.4 is 0 Å². The van der Waals surface area contributed by atoms with Gasteiger partial charge in [-0.2, -0.15) is 0 Å². The Kier molecular flexibility index (Phi) is 3.47. The van der Waals surface area contributed by atoms with Crippen LogP contribution in [0, 0.1) is 0 Å². The molecule has 0 saturated carbocycles. The average Bonchev–Trinajstić information content (AvgIpc) is 2.29. The van der Waals surface area contributed by atoms with Crippen molar-refractivity contribution < 1.29 is 9.28 Å². The summed E-state index contributed by atoms with van der Waals surface area (Å²) < 4.78 is 0.551. The zero-order valence-corrected chi connectivity index (χ0v) is 8.53. The molecule has 0 atom stereocenters. The Labute approximate surface area is 79.9 Å². The van der Waals surface area contributed by atoms with Crippen molar-refractivity contribution in [2.45, 2.75) is 32.6 Å². The highest BCUT2D eigenvalue weighted by Crippen LogP contribution is 2.18. The molecular formula is C9H17NOS. The lowest BCUT2D eigenvalue weighted by atomic mass is 10.2. The van der Waals surface area contributed by atoms with Gasteiger partial charge < -0.3 is 12.6 Å². The summed E-state index contributed by atoms with van der Waals surface area (Å²) in [6.45, 7) is 4.88. The SMILES string of the molecule is CC[N+]1(C(=O)[S-])CCCCCC1. The molecule has 3 heteroatoms. The summed E-state index contributed by atoms with van der Waals surface area (Å²) in [5.74, 6) is 0. The van der Waals surface area contributed by atoms with Crippen LogP contribution >= 0.6 is 0 Å². The van der Waals surface area contributed by atoms with E-state index in [-0.39, 0.29) is 5.24 Å². The molecule has 1 rings (SSSR count).